The van der Waals surface area contributed by atoms with Gasteiger partial charge in [0, 0.05) is 19.0 Å². The number of esters is 2. The van der Waals surface area contributed by atoms with Crippen molar-refractivity contribution in [2.75, 3.05) is 19.8 Å². The number of hydrogen-bond donors (Lipinski definition) is 1. The number of amides is 2. The Kier molecular flexibility index (Phi) is 6.78. The summed E-state index contributed by atoms with van der Waals surface area (Å²) in [5, 5.41) is 2.39. The van der Waals surface area contributed by atoms with Crippen LogP contribution in [0.3, 0.4) is 0 Å². The van der Waals surface area contributed by atoms with Gasteiger partial charge in [0.15, 0.2) is 0 Å². The Bertz CT molecular complexity index is 511. The van der Waals surface area contributed by atoms with Crippen LogP contribution < -0.4 is 5.32 Å². The normalized spacial score (nSPS) is 20.8. The maximum Gasteiger partial charge on any atom is 0.340 e. The Morgan fingerprint density at radius 2 is 1.68 bits per heavy atom. The SMILES string of the molecule is CCOC(=O)C(NC(=O)C1CC(=O)N(C2CCCC2)C1)C(=O)OCC. The van der Waals surface area contributed by atoms with Gasteiger partial charge in [-0.3, -0.25) is 9.59 Å². The number of carbonyl (C=O) groups excluding carboxylic acids is 4. The quantitative estimate of drug-likeness (QED) is 0.524. The summed E-state index contributed by atoms with van der Waals surface area (Å²) in [5.41, 5.74) is 0. The van der Waals surface area contributed by atoms with E-state index in [0.717, 1.165) is 25.7 Å². The van der Waals surface area contributed by atoms with E-state index < -0.39 is 29.8 Å². The molecule has 1 unspecified atom stereocenters. The monoisotopic (exact) mass is 354 g/mol. The summed E-state index contributed by atoms with van der Waals surface area (Å²) >= 11 is 0. The third kappa shape index (κ3) is 4.70. The van der Waals surface area contributed by atoms with Gasteiger partial charge in [-0.25, -0.2) is 9.59 Å². The molecule has 8 heteroatoms. The molecule has 2 fully saturated rings. The first-order chi connectivity index (χ1) is 12.0. The van der Waals surface area contributed by atoms with Crippen LogP contribution >= 0.6 is 0 Å². The van der Waals surface area contributed by atoms with Crippen molar-refractivity contribution in [2.24, 2.45) is 5.92 Å². The lowest BCUT2D eigenvalue weighted by atomic mass is 10.1. The lowest BCUT2D eigenvalue weighted by Crippen LogP contribution is -2.50. The molecule has 0 aromatic carbocycles. The second-order valence-corrected chi connectivity index (χ2v) is 6.33. The minimum absolute atomic E-state index is 0.0455. The first-order valence-corrected chi connectivity index (χ1v) is 8.91. The molecule has 2 amide bonds. The van der Waals surface area contributed by atoms with Crippen LogP contribution in [0.25, 0.3) is 0 Å². The van der Waals surface area contributed by atoms with Gasteiger partial charge in [-0.05, 0) is 26.7 Å². The smallest absolute Gasteiger partial charge is 0.340 e. The van der Waals surface area contributed by atoms with Crippen molar-refractivity contribution in [3.8, 4) is 0 Å². The summed E-state index contributed by atoms with van der Waals surface area (Å²) in [5.74, 6) is -2.83. The molecule has 2 rings (SSSR count). The molecule has 1 atom stereocenters. The van der Waals surface area contributed by atoms with Crippen molar-refractivity contribution in [1.29, 1.82) is 0 Å². The molecule has 2 aliphatic rings. The second kappa shape index (κ2) is 8.82. The largest absolute Gasteiger partial charge is 0.464 e. The van der Waals surface area contributed by atoms with Crippen LogP contribution in [-0.4, -0.2) is 60.5 Å². The van der Waals surface area contributed by atoms with Crippen LogP contribution in [0, 0.1) is 5.92 Å². The molecule has 0 aromatic heterocycles. The predicted octanol–water partition coefficient (Wildman–Crippen LogP) is 0.389. The average Bonchev–Trinajstić information content (AvgIpc) is 3.21. The molecule has 1 N–H and O–H groups in total. The first-order valence-electron chi connectivity index (χ1n) is 8.91. The topological polar surface area (TPSA) is 102 Å². The zero-order valence-electron chi connectivity index (χ0n) is 14.8. The van der Waals surface area contributed by atoms with Crippen LogP contribution in [0.1, 0.15) is 46.0 Å². The minimum Gasteiger partial charge on any atom is -0.464 e. The Hall–Kier alpha value is -2.12. The van der Waals surface area contributed by atoms with Crippen molar-refractivity contribution in [3.05, 3.63) is 0 Å². The maximum atomic E-state index is 12.5. The molecule has 0 spiro atoms. The third-order valence-electron chi connectivity index (χ3n) is 4.63. The molecule has 8 nitrogen and oxygen atoms in total. The van der Waals surface area contributed by atoms with Crippen molar-refractivity contribution in [1.82, 2.24) is 10.2 Å². The number of likely N-dealkylation sites (tertiary alicyclic amines) is 1. The van der Waals surface area contributed by atoms with E-state index in [0.29, 0.717) is 6.54 Å². The van der Waals surface area contributed by atoms with E-state index in [1.54, 1.807) is 18.7 Å². The van der Waals surface area contributed by atoms with Gasteiger partial charge in [0.2, 0.25) is 17.9 Å². The molecule has 0 aromatic rings. The Morgan fingerprint density at radius 1 is 1.12 bits per heavy atom. The fourth-order valence-electron chi connectivity index (χ4n) is 3.40. The molecule has 0 radical (unpaired) electrons. The van der Waals surface area contributed by atoms with Gasteiger partial charge in [0.05, 0.1) is 19.1 Å². The van der Waals surface area contributed by atoms with E-state index in [4.69, 9.17) is 9.47 Å². The van der Waals surface area contributed by atoms with Crippen LogP contribution in [0.15, 0.2) is 0 Å². The summed E-state index contributed by atoms with van der Waals surface area (Å²) in [4.78, 5) is 50.3. The highest BCUT2D eigenvalue weighted by atomic mass is 16.6. The highest BCUT2D eigenvalue weighted by Crippen LogP contribution is 2.29. The molecule has 140 valence electrons. The summed E-state index contributed by atoms with van der Waals surface area (Å²) in [7, 11) is 0. The van der Waals surface area contributed by atoms with Crippen LogP contribution in [-0.2, 0) is 28.7 Å². The average molecular weight is 354 g/mol. The van der Waals surface area contributed by atoms with E-state index in [9.17, 15) is 19.2 Å². The molecule has 0 bridgehead atoms. The number of rotatable bonds is 7. The standard InChI is InChI=1S/C17H26N2O6/c1-3-24-16(22)14(17(23)25-4-2)18-15(21)11-9-13(20)19(10-11)12-7-5-6-8-12/h11-12,14H,3-10H2,1-2H3,(H,18,21). The minimum atomic E-state index is -1.50. The summed E-state index contributed by atoms with van der Waals surface area (Å²) in [6.45, 7) is 3.71. The van der Waals surface area contributed by atoms with Crippen molar-refractivity contribution < 1.29 is 28.7 Å². The highest BCUT2D eigenvalue weighted by molar-refractivity contribution is 6.03. The molecule has 1 aliphatic heterocycles. The van der Waals surface area contributed by atoms with Crippen molar-refractivity contribution >= 4 is 23.8 Å². The van der Waals surface area contributed by atoms with Crippen molar-refractivity contribution in [2.45, 2.75) is 58.0 Å². The fourth-order valence-corrected chi connectivity index (χ4v) is 3.40. The summed E-state index contributed by atoms with van der Waals surface area (Å²) in [6, 6.07) is -1.29. The van der Waals surface area contributed by atoms with E-state index in [2.05, 4.69) is 5.32 Å². The Morgan fingerprint density at radius 3 is 2.20 bits per heavy atom. The Labute approximate surface area is 147 Å². The van der Waals surface area contributed by atoms with Gasteiger partial charge in [-0.15, -0.1) is 0 Å². The molecular weight excluding hydrogens is 328 g/mol. The second-order valence-electron chi connectivity index (χ2n) is 6.33. The number of ether oxygens (including phenoxy) is 2. The predicted molar refractivity (Wildman–Crippen MR) is 87.3 cm³/mol. The van der Waals surface area contributed by atoms with E-state index in [1.807, 2.05) is 0 Å². The molecule has 1 aliphatic carbocycles. The summed E-state index contributed by atoms with van der Waals surface area (Å²) in [6.07, 6.45) is 4.22. The molecule has 1 heterocycles. The number of nitrogens with one attached hydrogen (secondary N) is 1. The fraction of sp³-hybridized carbons (Fsp3) is 0.765. The van der Waals surface area contributed by atoms with E-state index in [1.165, 1.54) is 0 Å². The van der Waals surface area contributed by atoms with Crippen LogP contribution in [0.2, 0.25) is 0 Å². The van der Waals surface area contributed by atoms with Gasteiger partial charge in [-0.1, -0.05) is 12.8 Å². The molecular formula is C17H26N2O6. The summed E-state index contributed by atoms with van der Waals surface area (Å²) < 4.78 is 9.65. The first kappa shape index (κ1) is 19.2. The lowest BCUT2D eigenvalue weighted by Gasteiger charge is -2.24. The Balaban J connectivity index is 1.98. The molecule has 1 saturated heterocycles. The van der Waals surface area contributed by atoms with E-state index >= 15 is 0 Å². The number of hydrogen-bond acceptors (Lipinski definition) is 6. The molecule has 1 saturated carbocycles. The van der Waals surface area contributed by atoms with Crippen molar-refractivity contribution in [3.63, 3.8) is 0 Å². The molecule has 25 heavy (non-hydrogen) atoms. The van der Waals surface area contributed by atoms with Gasteiger partial charge in [0.1, 0.15) is 0 Å². The van der Waals surface area contributed by atoms with E-state index in [-0.39, 0.29) is 31.6 Å². The van der Waals surface area contributed by atoms with Gasteiger partial charge >= 0.3 is 11.9 Å². The van der Waals surface area contributed by atoms with Gasteiger partial charge in [0.25, 0.3) is 0 Å². The van der Waals surface area contributed by atoms with Gasteiger partial charge in [-0.2, -0.15) is 0 Å². The third-order valence-corrected chi connectivity index (χ3v) is 4.63. The van der Waals surface area contributed by atoms with Crippen LogP contribution in [0.4, 0.5) is 0 Å². The number of nitrogens with zero attached hydrogens (tertiary/aromatic N) is 1. The van der Waals surface area contributed by atoms with Crippen LogP contribution in [0.5, 0.6) is 0 Å². The number of carbonyl (C=O) groups is 4. The lowest BCUT2D eigenvalue weighted by molar-refractivity contribution is -0.160. The maximum absolute atomic E-state index is 12.5. The highest BCUT2D eigenvalue weighted by Gasteiger charge is 2.41. The zero-order chi connectivity index (χ0) is 18.4. The van der Waals surface area contributed by atoms with Gasteiger partial charge < -0.3 is 19.7 Å². The zero-order valence-corrected chi connectivity index (χ0v) is 14.8.